The maximum atomic E-state index is 12.0. The molecule has 8 heteroatoms. The van der Waals surface area contributed by atoms with E-state index in [4.69, 9.17) is 0 Å². The molecular weight excluding hydrogens is 248 g/mol. The monoisotopic (exact) mass is 266 g/mol. The van der Waals surface area contributed by atoms with E-state index in [1.165, 1.54) is 14.0 Å². The lowest BCUT2D eigenvalue weighted by molar-refractivity contribution is -0.139. The number of likely N-dealkylation sites (N-methyl/N-ethyl adjacent to an activating group) is 1. The van der Waals surface area contributed by atoms with Crippen molar-refractivity contribution in [3.8, 4) is 0 Å². The number of methoxy groups -OCH3 is 1. The lowest BCUT2D eigenvalue weighted by Gasteiger charge is -2.27. The van der Waals surface area contributed by atoms with E-state index in [-0.39, 0.29) is 0 Å². The molecule has 3 atom stereocenters. The number of aliphatic hydroxyl groups is 1. The fraction of sp³-hybridized carbons (Fsp3) is 0.889. The Morgan fingerprint density at radius 1 is 1.53 bits per heavy atom. The van der Waals surface area contributed by atoms with Gasteiger partial charge in [0.1, 0.15) is 0 Å². The fourth-order valence-corrected chi connectivity index (χ4v) is 3.18. The first-order valence-electron chi connectivity index (χ1n) is 5.25. The molecule has 2 N–H and O–H groups in total. The topological polar surface area (TPSA) is 95.9 Å². The summed E-state index contributed by atoms with van der Waals surface area (Å²) in [6.07, 6.45) is -0.764. The molecule has 0 aromatic carbocycles. The Morgan fingerprint density at radius 2 is 2.12 bits per heavy atom. The molecule has 1 fully saturated rings. The van der Waals surface area contributed by atoms with Gasteiger partial charge in [0.25, 0.3) is 0 Å². The van der Waals surface area contributed by atoms with E-state index in [0.717, 1.165) is 11.4 Å². The van der Waals surface area contributed by atoms with Crippen LogP contribution in [-0.4, -0.2) is 68.4 Å². The van der Waals surface area contributed by atoms with Gasteiger partial charge in [0.05, 0.1) is 19.3 Å². The molecule has 0 saturated carbocycles. The van der Waals surface area contributed by atoms with Crippen LogP contribution in [0.15, 0.2) is 0 Å². The van der Waals surface area contributed by atoms with E-state index in [2.05, 4.69) is 10.1 Å². The third-order valence-electron chi connectivity index (χ3n) is 3.00. The molecule has 0 radical (unpaired) electrons. The van der Waals surface area contributed by atoms with Crippen molar-refractivity contribution in [2.24, 2.45) is 0 Å². The van der Waals surface area contributed by atoms with Crippen LogP contribution in [0.1, 0.15) is 6.92 Å². The fourth-order valence-electron chi connectivity index (χ4n) is 1.75. The zero-order valence-corrected chi connectivity index (χ0v) is 10.9. The van der Waals surface area contributed by atoms with Gasteiger partial charge in [-0.1, -0.05) is 0 Å². The number of esters is 1. The van der Waals surface area contributed by atoms with Crippen LogP contribution in [0.4, 0.5) is 0 Å². The van der Waals surface area contributed by atoms with Gasteiger partial charge in [-0.15, -0.1) is 0 Å². The van der Waals surface area contributed by atoms with Crippen molar-refractivity contribution < 1.29 is 23.1 Å². The molecular formula is C9H18N2O5S. The van der Waals surface area contributed by atoms with Crippen molar-refractivity contribution >= 4 is 16.0 Å². The lowest BCUT2D eigenvalue weighted by atomic mass is 10.2. The third-order valence-corrected chi connectivity index (χ3v) is 5.16. The molecule has 0 aliphatic carbocycles. The van der Waals surface area contributed by atoms with Gasteiger partial charge in [-0.3, -0.25) is 4.79 Å². The van der Waals surface area contributed by atoms with Gasteiger partial charge in [0.15, 0.2) is 5.25 Å². The van der Waals surface area contributed by atoms with Gasteiger partial charge >= 0.3 is 5.97 Å². The molecule has 0 amide bonds. The van der Waals surface area contributed by atoms with E-state index in [9.17, 15) is 18.3 Å². The standard InChI is InChI=1S/C9H18N2O5S/c1-6(9(13)16-3)17(14,15)11(2)7-4-10-5-8(7)12/h6-8,10,12H,4-5H2,1-3H3/t6?,7-,8-/m1/s1. The normalized spacial score (nSPS) is 27.1. The average Bonchev–Trinajstić information content (AvgIpc) is 2.72. The van der Waals surface area contributed by atoms with E-state index < -0.39 is 33.4 Å². The zero-order valence-electron chi connectivity index (χ0n) is 10.1. The van der Waals surface area contributed by atoms with Crippen LogP contribution in [0.3, 0.4) is 0 Å². The van der Waals surface area contributed by atoms with Gasteiger partial charge < -0.3 is 15.2 Å². The molecule has 1 saturated heterocycles. The molecule has 0 spiro atoms. The summed E-state index contributed by atoms with van der Waals surface area (Å²) in [7, 11) is -1.31. The van der Waals surface area contributed by atoms with Gasteiger partial charge in [-0.25, -0.2) is 8.42 Å². The molecule has 100 valence electrons. The minimum atomic E-state index is -3.81. The van der Waals surface area contributed by atoms with Gasteiger partial charge in [0, 0.05) is 20.1 Å². The summed E-state index contributed by atoms with van der Waals surface area (Å²) in [5, 5.41) is 11.2. The maximum Gasteiger partial charge on any atom is 0.325 e. The molecule has 0 aromatic rings. The predicted octanol–water partition coefficient (Wildman–Crippen LogP) is -1.86. The number of nitrogens with one attached hydrogen (secondary N) is 1. The first kappa shape index (κ1) is 14.4. The first-order valence-corrected chi connectivity index (χ1v) is 6.76. The van der Waals surface area contributed by atoms with Crippen molar-refractivity contribution in [3.05, 3.63) is 0 Å². The number of carbonyl (C=O) groups is 1. The van der Waals surface area contributed by atoms with Crippen LogP contribution in [0, 0.1) is 0 Å². The first-order chi connectivity index (χ1) is 7.82. The van der Waals surface area contributed by atoms with E-state index in [1.54, 1.807) is 0 Å². The highest BCUT2D eigenvalue weighted by atomic mass is 32.2. The lowest BCUT2D eigenvalue weighted by Crippen LogP contribution is -2.49. The largest absolute Gasteiger partial charge is 0.468 e. The van der Waals surface area contributed by atoms with Gasteiger partial charge in [-0.05, 0) is 6.92 Å². The molecule has 1 aliphatic rings. The van der Waals surface area contributed by atoms with Crippen LogP contribution in [0.25, 0.3) is 0 Å². The summed E-state index contributed by atoms with van der Waals surface area (Å²) in [5.41, 5.74) is 0. The highest BCUT2D eigenvalue weighted by Crippen LogP contribution is 2.16. The smallest absolute Gasteiger partial charge is 0.325 e. The zero-order chi connectivity index (χ0) is 13.2. The number of hydrogen-bond donors (Lipinski definition) is 2. The minimum Gasteiger partial charge on any atom is -0.468 e. The number of ether oxygens (including phenoxy) is 1. The maximum absolute atomic E-state index is 12.0. The van der Waals surface area contributed by atoms with Crippen molar-refractivity contribution in [1.82, 2.24) is 9.62 Å². The summed E-state index contributed by atoms with van der Waals surface area (Å²) >= 11 is 0. The Kier molecular flexibility index (Phi) is 4.48. The van der Waals surface area contributed by atoms with E-state index in [1.807, 2.05) is 0 Å². The Morgan fingerprint density at radius 3 is 2.53 bits per heavy atom. The highest BCUT2D eigenvalue weighted by molar-refractivity contribution is 7.90. The molecule has 0 aromatic heterocycles. The summed E-state index contributed by atoms with van der Waals surface area (Å²) < 4.78 is 29.6. The van der Waals surface area contributed by atoms with E-state index >= 15 is 0 Å². The number of hydrogen-bond acceptors (Lipinski definition) is 6. The van der Waals surface area contributed by atoms with Crippen molar-refractivity contribution in [3.63, 3.8) is 0 Å². The predicted molar refractivity (Wildman–Crippen MR) is 60.8 cm³/mol. The second kappa shape index (κ2) is 5.30. The third kappa shape index (κ3) is 2.76. The van der Waals surface area contributed by atoms with Crippen LogP contribution in [-0.2, 0) is 19.6 Å². The second-order valence-electron chi connectivity index (χ2n) is 4.02. The average molecular weight is 266 g/mol. The number of nitrogens with zero attached hydrogens (tertiary/aromatic N) is 1. The summed E-state index contributed by atoms with van der Waals surface area (Å²) in [4.78, 5) is 11.3. The number of aliphatic hydroxyl groups excluding tert-OH is 1. The van der Waals surface area contributed by atoms with Gasteiger partial charge in [-0.2, -0.15) is 4.31 Å². The van der Waals surface area contributed by atoms with Gasteiger partial charge in [0.2, 0.25) is 10.0 Å². The SMILES string of the molecule is COC(=O)C(C)S(=O)(=O)N(C)[C@@H]1CNC[C@H]1O. The second-order valence-corrected chi connectivity index (χ2v) is 6.33. The molecule has 1 unspecified atom stereocenters. The van der Waals surface area contributed by atoms with E-state index in [0.29, 0.717) is 13.1 Å². The Balaban J connectivity index is 2.86. The van der Waals surface area contributed by atoms with Crippen LogP contribution in [0.5, 0.6) is 0 Å². The number of rotatable bonds is 4. The molecule has 1 aliphatic heterocycles. The van der Waals surface area contributed by atoms with Crippen molar-refractivity contribution in [1.29, 1.82) is 0 Å². The highest BCUT2D eigenvalue weighted by Gasteiger charge is 2.40. The van der Waals surface area contributed by atoms with Crippen LogP contribution < -0.4 is 5.32 Å². The Labute approximate surface area is 101 Å². The van der Waals surface area contributed by atoms with Crippen LogP contribution in [0.2, 0.25) is 0 Å². The summed E-state index contributed by atoms with van der Waals surface area (Å²) in [6.45, 7) is 1.98. The number of sulfonamides is 1. The Bertz CT molecular complexity index is 383. The number of β-amino-alcohol motifs (C(OH)–C–C–N with tert-alkyl or cyclic N) is 1. The summed E-state index contributed by atoms with van der Waals surface area (Å²) in [6, 6.07) is -0.549. The van der Waals surface area contributed by atoms with Crippen molar-refractivity contribution in [2.45, 2.75) is 24.3 Å². The van der Waals surface area contributed by atoms with Crippen molar-refractivity contribution in [2.75, 3.05) is 27.2 Å². The molecule has 7 nitrogen and oxygen atoms in total. The minimum absolute atomic E-state index is 0.344. The quantitative estimate of drug-likeness (QED) is 0.580. The molecule has 1 heterocycles. The molecule has 17 heavy (non-hydrogen) atoms. The molecule has 0 bridgehead atoms. The molecule has 1 rings (SSSR count). The van der Waals surface area contributed by atoms with Crippen LogP contribution >= 0.6 is 0 Å². The number of carbonyl (C=O) groups excluding carboxylic acids is 1. The summed E-state index contributed by atoms with van der Waals surface area (Å²) in [5.74, 6) is -0.808. The Hall–Kier alpha value is -0.700.